The number of nitrogens with zero attached hydrogens (tertiary/aromatic N) is 1. The van der Waals surface area contributed by atoms with E-state index in [-0.39, 0.29) is 12.0 Å². The van der Waals surface area contributed by atoms with E-state index >= 15 is 0 Å². The first-order valence-electron chi connectivity index (χ1n) is 5.42. The molecule has 1 atom stereocenters. The molecule has 1 fully saturated rings. The lowest BCUT2D eigenvalue weighted by Gasteiger charge is -2.24. The molecule has 0 aromatic heterocycles. The van der Waals surface area contributed by atoms with Crippen molar-refractivity contribution in [3.63, 3.8) is 0 Å². The molecule has 1 aliphatic heterocycles. The third-order valence-electron chi connectivity index (χ3n) is 2.66. The van der Waals surface area contributed by atoms with Crippen LogP contribution >= 0.6 is 23.2 Å². The second-order valence-corrected chi connectivity index (χ2v) is 4.77. The zero-order valence-corrected chi connectivity index (χ0v) is 10.9. The zero-order chi connectivity index (χ0) is 13.1. The Morgan fingerprint density at radius 3 is 2.78 bits per heavy atom. The maximum atomic E-state index is 11.0. The SMILES string of the molecule is N#Cc1cc(Cl)c(OC2CCC(=O)NC2)cc1Cl. The Hall–Kier alpha value is -1.44. The Morgan fingerprint density at radius 1 is 1.39 bits per heavy atom. The Kier molecular flexibility index (Phi) is 3.95. The topological polar surface area (TPSA) is 62.1 Å². The molecule has 1 amide bonds. The van der Waals surface area contributed by atoms with Gasteiger partial charge in [-0.25, -0.2) is 0 Å². The van der Waals surface area contributed by atoms with E-state index < -0.39 is 0 Å². The molecular formula is C12H10Cl2N2O2. The van der Waals surface area contributed by atoms with E-state index in [0.29, 0.717) is 40.7 Å². The van der Waals surface area contributed by atoms with Gasteiger partial charge in [0.15, 0.2) is 0 Å². The minimum absolute atomic E-state index is 0.0267. The highest BCUT2D eigenvalue weighted by Gasteiger charge is 2.20. The van der Waals surface area contributed by atoms with Crippen molar-refractivity contribution in [1.82, 2.24) is 5.32 Å². The average Bonchev–Trinajstić information content (AvgIpc) is 2.36. The molecule has 1 heterocycles. The van der Waals surface area contributed by atoms with Gasteiger partial charge in [-0.05, 0) is 12.5 Å². The van der Waals surface area contributed by atoms with Crippen LogP contribution in [-0.2, 0) is 4.79 Å². The van der Waals surface area contributed by atoms with Crippen LogP contribution in [0.1, 0.15) is 18.4 Å². The molecule has 0 saturated carbocycles. The van der Waals surface area contributed by atoms with Crippen molar-refractivity contribution < 1.29 is 9.53 Å². The van der Waals surface area contributed by atoms with Crippen molar-refractivity contribution in [2.45, 2.75) is 18.9 Å². The van der Waals surface area contributed by atoms with Crippen molar-refractivity contribution in [2.75, 3.05) is 6.54 Å². The van der Waals surface area contributed by atoms with E-state index in [1.807, 2.05) is 6.07 Å². The molecule has 4 nitrogen and oxygen atoms in total. The summed E-state index contributed by atoms with van der Waals surface area (Å²) < 4.78 is 5.67. The molecular weight excluding hydrogens is 275 g/mol. The number of nitrogens with one attached hydrogen (secondary N) is 1. The molecule has 1 aromatic carbocycles. The van der Waals surface area contributed by atoms with E-state index in [0.717, 1.165) is 0 Å². The van der Waals surface area contributed by atoms with Crippen LogP contribution in [0.5, 0.6) is 5.75 Å². The number of benzene rings is 1. The molecule has 6 heteroatoms. The molecule has 0 spiro atoms. The minimum atomic E-state index is -0.121. The van der Waals surface area contributed by atoms with Gasteiger partial charge >= 0.3 is 0 Å². The largest absolute Gasteiger partial charge is 0.487 e. The number of hydrogen-bond donors (Lipinski definition) is 1. The van der Waals surface area contributed by atoms with Crippen molar-refractivity contribution in [3.05, 3.63) is 27.7 Å². The van der Waals surface area contributed by atoms with Crippen LogP contribution in [0.2, 0.25) is 10.0 Å². The van der Waals surface area contributed by atoms with Gasteiger partial charge < -0.3 is 10.1 Å². The van der Waals surface area contributed by atoms with Gasteiger partial charge in [-0.3, -0.25) is 4.79 Å². The van der Waals surface area contributed by atoms with Gasteiger partial charge in [-0.15, -0.1) is 0 Å². The fourth-order valence-corrected chi connectivity index (χ4v) is 2.10. The lowest BCUT2D eigenvalue weighted by molar-refractivity contribution is -0.123. The lowest BCUT2D eigenvalue weighted by Crippen LogP contribution is -2.40. The summed E-state index contributed by atoms with van der Waals surface area (Å²) >= 11 is 11.9. The van der Waals surface area contributed by atoms with Crippen LogP contribution in [0.25, 0.3) is 0 Å². The molecule has 0 bridgehead atoms. The van der Waals surface area contributed by atoms with Crippen LogP contribution in [-0.4, -0.2) is 18.6 Å². The Bertz CT molecular complexity index is 516. The third-order valence-corrected chi connectivity index (χ3v) is 3.26. The van der Waals surface area contributed by atoms with Crippen LogP contribution in [0.15, 0.2) is 12.1 Å². The summed E-state index contributed by atoms with van der Waals surface area (Å²) in [5.74, 6) is 0.459. The molecule has 2 rings (SSSR count). The molecule has 1 saturated heterocycles. The number of amides is 1. The number of ether oxygens (including phenoxy) is 1. The summed E-state index contributed by atoms with van der Waals surface area (Å²) in [6.45, 7) is 0.451. The smallest absolute Gasteiger partial charge is 0.220 e. The fraction of sp³-hybridized carbons (Fsp3) is 0.333. The molecule has 1 N–H and O–H groups in total. The normalized spacial score (nSPS) is 18.9. The lowest BCUT2D eigenvalue weighted by atomic mass is 10.1. The first-order valence-corrected chi connectivity index (χ1v) is 6.18. The Labute approximate surface area is 114 Å². The number of rotatable bonds is 2. The number of hydrogen-bond acceptors (Lipinski definition) is 3. The second-order valence-electron chi connectivity index (χ2n) is 3.96. The van der Waals surface area contributed by atoms with Gasteiger partial charge in [0.25, 0.3) is 0 Å². The highest BCUT2D eigenvalue weighted by molar-refractivity contribution is 6.35. The van der Waals surface area contributed by atoms with E-state index in [4.69, 9.17) is 33.2 Å². The van der Waals surface area contributed by atoms with Crippen LogP contribution in [0, 0.1) is 11.3 Å². The quantitative estimate of drug-likeness (QED) is 0.908. The van der Waals surface area contributed by atoms with Gasteiger partial charge in [-0.1, -0.05) is 23.2 Å². The van der Waals surface area contributed by atoms with Gasteiger partial charge in [0.2, 0.25) is 5.91 Å². The fourth-order valence-electron chi connectivity index (χ4n) is 1.69. The van der Waals surface area contributed by atoms with Crippen LogP contribution in [0.3, 0.4) is 0 Å². The highest BCUT2D eigenvalue weighted by Crippen LogP contribution is 2.32. The maximum absolute atomic E-state index is 11.0. The molecule has 1 aliphatic rings. The summed E-state index contributed by atoms with van der Waals surface area (Å²) in [6, 6.07) is 4.94. The first-order chi connectivity index (χ1) is 8.60. The number of piperidine rings is 1. The predicted molar refractivity (Wildman–Crippen MR) is 67.8 cm³/mol. The number of nitriles is 1. The molecule has 18 heavy (non-hydrogen) atoms. The monoisotopic (exact) mass is 284 g/mol. The van der Waals surface area contributed by atoms with Gasteiger partial charge in [0.05, 0.1) is 22.2 Å². The van der Waals surface area contributed by atoms with E-state index in [1.54, 1.807) is 0 Å². The summed E-state index contributed by atoms with van der Waals surface area (Å²) in [4.78, 5) is 11.0. The second kappa shape index (κ2) is 5.47. The van der Waals surface area contributed by atoms with Gasteiger partial charge in [0.1, 0.15) is 17.9 Å². The summed E-state index contributed by atoms with van der Waals surface area (Å²) in [7, 11) is 0. The van der Waals surface area contributed by atoms with Crippen molar-refractivity contribution in [1.29, 1.82) is 5.26 Å². The number of carbonyl (C=O) groups is 1. The van der Waals surface area contributed by atoms with Crippen LogP contribution < -0.4 is 10.1 Å². The van der Waals surface area contributed by atoms with E-state index in [9.17, 15) is 4.79 Å². The maximum Gasteiger partial charge on any atom is 0.220 e. The molecule has 1 unspecified atom stereocenters. The van der Waals surface area contributed by atoms with Crippen molar-refractivity contribution >= 4 is 29.1 Å². The summed E-state index contributed by atoms with van der Waals surface area (Å²) in [6.07, 6.45) is 0.954. The van der Waals surface area contributed by atoms with E-state index in [2.05, 4.69) is 5.32 Å². The average molecular weight is 285 g/mol. The molecule has 1 aromatic rings. The van der Waals surface area contributed by atoms with Gasteiger partial charge in [-0.2, -0.15) is 5.26 Å². The third kappa shape index (κ3) is 2.87. The molecule has 0 aliphatic carbocycles. The summed E-state index contributed by atoms with van der Waals surface area (Å²) in [5.41, 5.74) is 0.311. The molecule has 94 valence electrons. The molecule has 0 radical (unpaired) electrons. The first kappa shape index (κ1) is 13.0. The Morgan fingerprint density at radius 2 is 2.17 bits per heavy atom. The van der Waals surface area contributed by atoms with Gasteiger partial charge in [0, 0.05) is 12.5 Å². The number of carbonyl (C=O) groups excluding carboxylic acids is 1. The zero-order valence-electron chi connectivity index (χ0n) is 9.37. The van der Waals surface area contributed by atoms with Crippen molar-refractivity contribution in [2.24, 2.45) is 0 Å². The highest BCUT2D eigenvalue weighted by atomic mass is 35.5. The minimum Gasteiger partial charge on any atom is -0.487 e. The standard InChI is InChI=1S/C12H10Cl2N2O2/c13-9-4-11(10(14)3-7(9)5-15)18-8-1-2-12(17)16-6-8/h3-4,8H,1-2,6H2,(H,16,17). The predicted octanol–water partition coefficient (Wildman–Crippen LogP) is 2.52. The van der Waals surface area contributed by atoms with E-state index in [1.165, 1.54) is 12.1 Å². The Balaban J connectivity index is 2.12. The van der Waals surface area contributed by atoms with Crippen molar-refractivity contribution in [3.8, 4) is 11.8 Å². The number of halogens is 2. The van der Waals surface area contributed by atoms with Crippen LogP contribution in [0.4, 0.5) is 0 Å². The summed E-state index contributed by atoms with van der Waals surface area (Å²) in [5, 5.41) is 12.2.